The fraction of sp³-hybridized carbons (Fsp3) is 0.375. The van der Waals surface area contributed by atoms with E-state index in [-0.39, 0.29) is 11.2 Å². The highest BCUT2D eigenvalue weighted by atomic mass is 32.2. The van der Waals surface area contributed by atoms with E-state index in [0.717, 1.165) is 6.42 Å². The van der Waals surface area contributed by atoms with Gasteiger partial charge in [0.2, 0.25) is 0 Å². The predicted octanol–water partition coefficient (Wildman–Crippen LogP) is 0.884. The standard InChI is InChI=1S/C8H8N2O2S/c11-7-6(2-5-12-7)13-8-9-3-1-4-10-8/h1,3-4,6H,2,5H2. The Labute approximate surface area is 79.7 Å². The topological polar surface area (TPSA) is 52.1 Å². The zero-order chi connectivity index (χ0) is 9.10. The molecule has 1 saturated heterocycles. The molecule has 4 nitrogen and oxygen atoms in total. The van der Waals surface area contributed by atoms with E-state index in [9.17, 15) is 4.79 Å². The Hall–Kier alpha value is -1.10. The first-order valence-corrected chi connectivity index (χ1v) is 4.84. The Morgan fingerprint density at radius 2 is 2.23 bits per heavy atom. The van der Waals surface area contributed by atoms with Gasteiger partial charge in [-0.3, -0.25) is 4.79 Å². The SMILES string of the molecule is O=C1OCCC1Sc1ncccn1. The minimum absolute atomic E-state index is 0.123. The second-order valence-corrected chi connectivity index (χ2v) is 3.76. The molecule has 1 aromatic rings. The summed E-state index contributed by atoms with van der Waals surface area (Å²) in [5.74, 6) is -0.155. The van der Waals surface area contributed by atoms with Crippen molar-refractivity contribution in [2.45, 2.75) is 16.8 Å². The highest BCUT2D eigenvalue weighted by Crippen LogP contribution is 2.26. The summed E-state index contributed by atoms with van der Waals surface area (Å²) in [5, 5.41) is 0.508. The van der Waals surface area contributed by atoms with Gasteiger partial charge in [-0.05, 0) is 6.07 Å². The number of carbonyl (C=O) groups excluding carboxylic acids is 1. The first-order valence-electron chi connectivity index (χ1n) is 3.96. The molecule has 0 aromatic carbocycles. The number of nitrogens with zero attached hydrogens (tertiary/aromatic N) is 2. The Morgan fingerprint density at radius 1 is 1.46 bits per heavy atom. The summed E-state index contributed by atoms with van der Waals surface area (Å²) in [7, 11) is 0. The number of esters is 1. The van der Waals surface area contributed by atoms with Gasteiger partial charge in [0.05, 0.1) is 6.61 Å². The molecule has 0 radical (unpaired) electrons. The van der Waals surface area contributed by atoms with E-state index in [4.69, 9.17) is 4.74 Å². The molecular weight excluding hydrogens is 188 g/mol. The second-order valence-electron chi connectivity index (χ2n) is 2.59. The largest absolute Gasteiger partial charge is 0.465 e. The number of thioether (sulfide) groups is 1. The molecule has 1 fully saturated rings. The van der Waals surface area contributed by atoms with E-state index in [1.54, 1.807) is 18.5 Å². The van der Waals surface area contributed by atoms with Crippen molar-refractivity contribution in [3.8, 4) is 0 Å². The van der Waals surface area contributed by atoms with Crippen molar-refractivity contribution in [3.63, 3.8) is 0 Å². The Kier molecular flexibility index (Phi) is 2.44. The summed E-state index contributed by atoms with van der Waals surface area (Å²) in [5.41, 5.74) is 0. The molecule has 1 aromatic heterocycles. The second kappa shape index (κ2) is 3.74. The lowest BCUT2D eigenvalue weighted by atomic mass is 10.4. The molecule has 0 spiro atoms. The number of carbonyl (C=O) groups is 1. The Morgan fingerprint density at radius 3 is 2.85 bits per heavy atom. The van der Waals surface area contributed by atoms with Crippen molar-refractivity contribution in [1.29, 1.82) is 0 Å². The number of aromatic nitrogens is 2. The normalized spacial score (nSPS) is 21.5. The summed E-state index contributed by atoms with van der Waals surface area (Å²) in [6.45, 7) is 0.517. The fourth-order valence-corrected chi connectivity index (χ4v) is 1.93. The van der Waals surface area contributed by atoms with E-state index >= 15 is 0 Å². The molecule has 5 heteroatoms. The van der Waals surface area contributed by atoms with Crippen LogP contribution in [0.3, 0.4) is 0 Å². The number of rotatable bonds is 2. The highest BCUT2D eigenvalue weighted by Gasteiger charge is 2.28. The van der Waals surface area contributed by atoms with Crippen LogP contribution in [0.2, 0.25) is 0 Å². The fourth-order valence-electron chi connectivity index (χ4n) is 1.06. The molecular formula is C8H8N2O2S. The van der Waals surface area contributed by atoms with Crippen molar-refractivity contribution >= 4 is 17.7 Å². The average Bonchev–Trinajstić information content (AvgIpc) is 2.54. The molecule has 1 aliphatic heterocycles. The van der Waals surface area contributed by atoms with E-state index < -0.39 is 0 Å². The number of hydrogen-bond donors (Lipinski definition) is 0. The van der Waals surface area contributed by atoms with Crippen LogP contribution < -0.4 is 0 Å². The lowest BCUT2D eigenvalue weighted by Crippen LogP contribution is -2.09. The third-order valence-electron chi connectivity index (χ3n) is 1.68. The first-order chi connectivity index (χ1) is 6.36. The van der Waals surface area contributed by atoms with Crippen LogP contribution in [0.4, 0.5) is 0 Å². The smallest absolute Gasteiger partial charge is 0.319 e. The molecule has 2 heterocycles. The highest BCUT2D eigenvalue weighted by molar-refractivity contribution is 8.00. The molecule has 0 amide bonds. The predicted molar refractivity (Wildman–Crippen MR) is 47.3 cm³/mol. The van der Waals surface area contributed by atoms with Crippen molar-refractivity contribution in [2.75, 3.05) is 6.61 Å². The third kappa shape index (κ3) is 1.98. The minimum atomic E-state index is -0.155. The maximum atomic E-state index is 11.1. The van der Waals surface area contributed by atoms with Crippen molar-refractivity contribution < 1.29 is 9.53 Å². The number of hydrogen-bond acceptors (Lipinski definition) is 5. The van der Waals surface area contributed by atoms with Crippen LogP contribution in [0.25, 0.3) is 0 Å². The van der Waals surface area contributed by atoms with Crippen LogP contribution in [0.1, 0.15) is 6.42 Å². The molecule has 1 unspecified atom stereocenters. The van der Waals surface area contributed by atoms with Crippen molar-refractivity contribution in [1.82, 2.24) is 9.97 Å². The van der Waals surface area contributed by atoms with Crippen LogP contribution in [-0.4, -0.2) is 27.8 Å². The molecule has 1 aliphatic rings. The average molecular weight is 196 g/mol. The van der Waals surface area contributed by atoms with E-state index in [1.807, 2.05) is 0 Å². The van der Waals surface area contributed by atoms with Gasteiger partial charge in [0.1, 0.15) is 5.25 Å². The molecule has 0 saturated carbocycles. The lowest BCUT2D eigenvalue weighted by Gasteiger charge is -2.01. The first kappa shape index (κ1) is 8.50. The zero-order valence-electron chi connectivity index (χ0n) is 6.84. The molecule has 0 aliphatic carbocycles. The van der Waals surface area contributed by atoms with Crippen LogP contribution in [0, 0.1) is 0 Å². The number of ether oxygens (including phenoxy) is 1. The van der Waals surface area contributed by atoms with Gasteiger partial charge >= 0.3 is 5.97 Å². The van der Waals surface area contributed by atoms with Gasteiger partial charge in [-0.1, -0.05) is 11.8 Å². The zero-order valence-corrected chi connectivity index (χ0v) is 7.66. The van der Waals surface area contributed by atoms with Crippen LogP contribution >= 0.6 is 11.8 Å². The Balaban J connectivity index is 2.02. The summed E-state index contributed by atoms with van der Waals surface area (Å²) in [4.78, 5) is 19.1. The van der Waals surface area contributed by atoms with Gasteiger partial charge in [0.15, 0.2) is 5.16 Å². The van der Waals surface area contributed by atoms with Crippen molar-refractivity contribution in [2.24, 2.45) is 0 Å². The van der Waals surface area contributed by atoms with E-state index in [1.165, 1.54) is 11.8 Å². The quantitative estimate of drug-likeness (QED) is 0.519. The molecule has 13 heavy (non-hydrogen) atoms. The van der Waals surface area contributed by atoms with Crippen LogP contribution in [-0.2, 0) is 9.53 Å². The van der Waals surface area contributed by atoms with Gasteiger partial charge < -0.3 is 4.74 Å². The van der Waals surface area contributed by atoms with E-state index in [0.29, 0.717) is 11.8 Å². The maximum Gasteiger partial charge on any atom is 0.319 e. The summed E-state index contributed by atoms with van der Waals surface area (Å²) in [6, 6.07) is 1.75. The van der Waals surface area contributed by atoms with Gasteiger partial charge in [-0.15, -0.1) is 0 Å². The summed E-state index contributed by atoms with van der Waals surface area (Å²) < 4.78 is 4.82. The monoisotopic (exact) mass is 196 g/mol. The Bertz CT molecular complexity index is 304. The number of cyclic esters (lactones) is 1. The van der Waals surface area contributed by atoms with Gasteiger partial charge in [0, 0.05) is 18.8 Å². The van der Waals surface area contributed by atoms with Gasteiger partial charge in [0.25, 0.3) is 0 Å². The van der Waals surface area contributed by atoms with Gasteiger partial charge in [-0.25, -0.2) is 9.97 Å². The molecule has 1 atom stereocenters. The maximum absolute atomic E-state index is 11.1. The molecule has 0 N–H and O–H groups in total. The molecule has 0 bridgehead atoms. The lowest BCUT2D eigenvalue weighted by molar-refractivity contribution is -0.137. The third-order valence-corrected chi connectivity index (χ3v) is 2.81. The van der Waals surface area contributed by atoms with Gasteiger partial charge in [-0.2, -0.15) is 0 Å². The summed E-state index contributed by atoms with van der Waals surface area (Å²) >= 11 is 1.36. The molecule has 68 valence electrons. The van der Waals surface area contributed by atoms with Crippen LogP contribution in [0.15, 0.2) is 23.6 Å². The summed E-state index contributed by atoms with van der Waals surface area (Å²) in [6.07, 6.45) is 4.08. The van der Waals surface area contributed by atoms with Crippen molar-refractivity contribution in [3.05, 3.63) is 18.5 Å². The van der Waals surface area contributed by atoms with E-state index in [2.05, 4.69) is 9.97 Å². The molecule has 2 rings (SSSR count). The van der Waals surface area contributed by atoms with Crippen LogP contribution in [0.5, 0.6) is 0 Å². The minimum Gasteiger partial charge on any atom is -0.465 e.